The molecule has 2 aliphatic rings. The Balaban J connectivity index is 1.51. The number of hydrogen-bond donors (Lipinski definition) is 1. The number of hydrogen-bond acceptors (Lipinski definition) is 5. The summed E-state index contributed by atoms with van der Waals surface area (Å²) in [6, 6.07) is 4.22. The second kappa shape index (κ2) is 6.44. The zero-order chi connectivity index (χ0) is 17.4. The van der Waals surface area contributed by atoms with E-state index >= 15 is 0 Å². The van der Waals surface area contributed by atoms with Crippen molar-refractivity contribution in [2.75, 3.05) is 13.1 Å². The quantitative estimate of drug-likeness (QED) is 0.871. The minimum atomic E-state index is -0.347. The number of amides is 1. The van der Waals surface area contributed by atoms with Crippen LogP contribution in [0.1, 0.15) is 35.3 Å². The van der Waals surface area contributed by atoms with Crippen LogP contribution in [-0.2, 0) is 13.6 Å². The lowest BCUT2D eigenvalue weighted by Crippen LogP contribution is -2.41. The molecule has 25 heavy (non-hydrogen) atoms. The second-order valence-electron chi connectivity index (χ2n) is 6.88. The maximum Gasteiger partial charge on any atom is 0.264 e. The molecule has 2 aromatic heterocycles. The van der Waals surface area contributed by atoms with E-state index in [2.05, 4.69) is 26.3 Å². The van der Waals surface area contributed by atoms with Gasteiger partial charge in [0.05, 0.1) is 17.5 Å². The van der Waals surface area contributed by atoms with Crippen LogP contribution in [0.15, 0.2) is 29.3 Å². The van der Waals surface area contributed by atoms with Gasteiger partial charge in [-0.2, -0.15) is 10.2 Å². The number of nitrogens with one attached hydrogen (secondary N) is 1. The number of nitrogens with zero attached hydrogens (tertiary/aromatic N) is 5. The normalized spacial score (nSPS) is 23.6. The van der Waals surface area contributed by atoms with Gasteiger partial charge in [-0.05, 0) is 25.3 Å². The average Bonchev–Trinajstić information content (AvgIpc) is 3.10. The number of rotatable bonds is 3. The zero-order valence-corrected chi connectivity index (χ0v) is 14.3. The van der Waals surface area contributed by atoms with Crippen molar-refractivity contribution in [2.24, 2.45) is 7.05 Å². The SMILES string of the molecule is Cn1nccc1CN1C2CCC1CN(C(=O)c1cn[nH]c(=O)c1)CC2. The minimum Gasteiger partial charge on any atom is -0.337 e. The molecule has 2 saturated heterocycles. The Labute approximate surface area is 145 Å². The zero-order valence-electron chi connectivity index (χ0n) is 14.3. The molecule has 4 heterocycles. The van der Waals surface area contributed by atoms with Gasteiger partial charge in [0.1, 0.15) is 0 Å². The fraction of sp³-hybridized carbons (Fsp3) is 0.529. The number of H-pyrrole nitrogens is 1. The third-order valence-electron chi connectivity index (χ3n) is 5.40. The summed E-state index contributed by atoms with van der Waals surface area (Å²) in [7, 11) is 1.96. The van der Waals surface area contributed by atoms with Crippen molar-refractivity contribution in [1.82, 2.24) is 29.8 Å². The van der Waals surface area contributed by atoms with Gasteiger partial charge in [-0.25, -0.2) is 5.10 Å². The van der Waals surface area contributed by atoms with Crippen LogP contribution in [0.5, 0.6) is 0 Å². The maximum atomic E-state index is 12.8. The fourth-order valence-electron chi connectivity index (χ4n) is 4.03. The third kappa shape index (κ3) is 3.09. The average molecular weight is 342 g/mol. The van der Waals surface area contributed by atoms with Crippen LogP contribution in [0, 0.1) is 0 Å². The van der Waals surface area contributed by atoms with E-state index in [1.54, 1.807) is 0 Å². The summed E-state index contributed by atoms with van der Waals surface area (Å²) < 4.78 is 1.91. The van der Waals surface area contributed by atoms with Crippen molar-refractivity contribution < 1.29 is 4.79 Å². The summed E-state index contributed by atoms with van der Waals surface area (Å²) in [6.07, 6.45) is 6.48. The topological polar surface area (TPSA) is 87.1 Å². The molecule has 0 saturated carbocycles. The highest BCUT2D eigenvalue weighted by atomic mass is 16.2. The molecule has 8 nitrogen and oxygen atoms in total. The van der Waals surface area contributed by atoms with Gasteiger partial charge in [-0.3, -0.25) is 19.2 Å². The molecule has 0 aromatic carbocycles. The van der Waals surface area contributed by atoms with Gasteiger partial charge in [-0.1, -0.05) is 0 Å². The lowest BCUT2D eigenvalue weighted by atomic mass is 10.1. The van der Waals surface area contributed by atoms with Crippen molar-refractivity contribution in [1.29, 1.82) is 0 Å². The largest absolute Gasteiger partial charge is 0.337 e. The molecule has 0 aliphatic carbocycles. The first-order valence-corrected chi connectivity index (χ1v) is 8.68. The first-order chi connectivity index (χ1) is 12.1. The minimum absolute atomic E-state index is 0.105. The molecular formula is C17H22N6O2. The molecule has 0 spiro atoms. The van der Waals surface area contributed by atoms with Crippen LogP contribution in [-0.4, -0.2) is 60.9 Å². The lowest BCUT2D eigenvalue weighted by Gasteiger charge is -2.28. The van der Waals surface area contributed by atoms with Gasteiger partial charge < -0.3 is 4.90 Å². The molecular weight excluding hydrogens is 320 g/mol. The molecule has 2 aliphatic heterocycles. The Kier molecular flexibility index (Phi) is 4.12. The van der Waals surface area contributed by atoms with Crippen molar-refractivity contribution in [3.8, 4) is 0 Å². The van der Waals surface area contributed by atoms with Gasteiger partial charge in [0.2, 0.25) is 0 Å². The summed E-state index contributed by atoms with van der Waals surface area (Å²) in [6.45, 7) is 2.27. The molecule has 8 heteroatoms. The van der Waals surface area contributed by atoms with Gasteiger partial charge in [0, 0.05) is 51.0 Å². The van der Waals surface area contributed by atoms with E-state index in [0.717, 1.165) is 19.4 Å². The Morgan fingerprint density at radius 1 is 1.32 bits per heavy atom. The van der Waals surface area contributed by atoms with Crippen LogP contribution in [0.25, 0.3) is 0 Å². The van der Waals surface area contributed by atoms with Gasteiger partial charge in [0.25, 0.3) is 11.5 Å². The number of aryl methyl sites for hydroxylation is 1. The Bertz CT molecular complexity index is 828. The molecule has 0 radical (unpaired) electrons. The van der Waals surface area contributed by atoms with Crippen LogP contribution >= 0.6 is 0 Å². The van der Waals surface area contributed by atoms with Crippen molar-refractivity contribution in [3.63, 3.8) is 0 Å². The standard InChI is InChI=1S/C17H22N6O2/c1-21-14(4-6-19-21)11-23-13-2-3-15(23)10-22(7-5-13)17(25)12-8-16(24)20-18-9-12/h4,6,8-9,13,15H,2-3,5,7,10-11H2,1H3,(H,20,24). The molecule has 132 valence electrons. The Hall–Kier alpha value is -2.48. The molecule has 2 aromatic rings. The summed E-state index contributed by atoms with van der Waals surface area (Å²) in [5.74, 6) is -0.105. The number of carbonyl (C=O) groups excluding carboxylic acids is 1. The molecule has 1 amide bonds. The number of likely N-dealkylation sites (tertiary alicyclic amines) is 1. The van der Waals surface area contributed by atoms with Crippen LogP contribution in [0.3, 0.4) is 0 Å². The van der Waals surface area contributed by atoms with E-state index in [1.807, 2.05) is 22.8 Å². The van der Waals surface area contributed by atoms with Gasteiger partial charge >= 0.3 is 0 Å². The van der Waals surface area contributed by atoms with Crippen molar-refractivity contribution in [2.45, 2.75) is 37.9 Å². The van der Waals surface area contributed by atoms with Crippen LogP contribution in [0.4, 0.5) is 0 Å². The fourth-order valence-corrected chi connectivity index (χ4v) is 4.03. The highest BCUT2D eigenvalue weighted by Gasteiger charge is 2.38. The second-order valence-corrected chi connectivity index (χ2v) is 6.88. The maximum absolute atomic E-state index is 12.8. The molecule has 2 bridgehead atoms. The molecule has 2 atom stereocenters. The summed E-state index contributed by atoms with van der Waals surface area (Å²) in [5, 5.41) is 10.3. The number of aromatic nitrogens is 4. The predicted octanol–water partition coefficient (Wildman–Crippen LogP) is 0.382. The smallest absolute Gasteiger partial charge is 0.264 e. The monoisotopic (exact) mass is 342 g/mol. The van der Waals surface area contributed by atoms with Crippen LogP contribution in [0.2, 0.25) is 0 Å². The summed E-state index contributed by atoms with van der Waals surface area (Å²) in [5.41, 5.74) is 1.20. The highest BCUT2D eigenvalue weighted by Crippen LogP contribution is 2.32. The summed E-state index contributed by atoms with van der Waals surface area (Å²) >= 11 is 0. The molecule has 2 unspecified atom stereocenters. The number of aromatic amines is 1. The van der Waals surface area contributed by atoms with Crippen LogP contribution < -0.4 is 5.56 Å². The van der Waals surface area contributed by atoms with Crippen molar-refractivity contribution in [3.05, 3.63) is 46.1 Å². The first-order valence-electron chi connectivity index (χ1n) is 8.68. The lowest BCUT2D eigenvalue weighted by molar-refractivity contribution is 0.0733. The Morgan fingerprint density at radius 2 is 2.16 bits per heavy atom. The predicted molar refractivity (Wildman–Crippen MR) is 90.9 cm³/mol. The van der Waals surface area contributed by atoms with E-state index in [0.29, 0.717) is 30.7 Å². The van der Waals surface area contributed by atoms with E-state index in [-0.39, 0.29) is 11.5 Å². The number of fused-ring (bicyclic) bond motifs is 2. The van der Waals surface area contributed by atoms with Crippen molar-refractivity contribution >= 4 is 5.91 Å². The van der Waals surface area contributed by atoms with E-state index in [4.69, 9.17) is 0 Å². The van der Waals surface area contributed by atoms with Gasteiger partial charge in [0.15, 0.2) is 0 Å². The first kappa shape index (κ1) is 16.0. The van der Waals surface area contributed by atoms with E-state index in [9.17, 15) is 9.59 Å². The van der Waals surface area contributed by atoms with Gasteiger partial charge in [-0.15, -0.1) is 0 Å². The molecule has 4 rings (SSSR count). The van der Waals surface area contributed by atoms with E-state index < -0.39 is 0 Å². The molecule has 2 fully saturated rings. The van der Waals surface area contributed by atoms with E-state index in [1.165, 1.54) is 24.4 Å². The highest BCUT2D eigenvalue weighted by molar-refractivity contribution is 5.93. The Morgan fingerprint density at radius 3 is 2.92 bits per heavy atom. The summed E-state index contributed by atoms with van der Waals surface area (Å²) in [4.78, 5) is 28.6. The molecule has 1 N–H and O–H groups in total. The number of carbonyl (C=O) groups is 1. The third-order valence-corrected chi connectivity index (χ3v) is 5.40.